The summed E-state index contributed by atoms with van der Waals surface area (Å²) in [5.74, 6) is -1.93. The molecule has 0 aliphatic carbocycles. The van der Waals surface area contributed by atoms with Crippen LogP contribution in [0.15, 0.2) is 36.4 Å². The molecule has 1 atom stereocenters. The number of hydrogen-bond donors (Lipinski definition) is 1. The first-order valence-electron chi connectivity index (χ1n) is 6.25. The van der Waals surface area contributed by atoms with Gasteiger partial charge in [-0.2, -0.15) is 0 Å². The van der Waals surface area contributed by atoms with Crippen molar-refractivity contribution in [3.63, 3.8) is 0 Å². The Morgan fingerprint density at radius 2 is 1.75 bits per heavy atom. The Bertz CT molecular complexity index is 611. The number of rotatable bonds is 4. The quantitative estimate of drug-likeness (QED) is 0.927. The zero-order valence-electron chi connectivity index (χ0n) is 11.4. The molecule has 2 aromatic carbocycles. The van der Waals surface area contributed by atoms with Crippen molar-refractivity contribution in [3.05, 3.63) is 70.3 Å². The van der Waals surface area contributed by atoms with Crippen molar-refractivity contribution in [2.45, 2.75) is 19.6 Å². The predicted octanol–water partition coefficient (Wildman–Crippen LogP) is 3.50. The van der Waals surface area contributed by atoms with Crippen LogP contribution in [0.3, 0.4) is 0 Å². The molecule has 1 N–H and O–H groups in total. The average molecular weight is 278 g/mol. The molecule has 0 saturated carbocycles. The summed E-state index contributed by atoms with van der Waals surface area (Å²) in [6.45, 7) is 1.77. The summed E-state index contributed by atoms with van der Waals surface area (Å²) in [5, 5.41) is 10.3. The Kier molecular flexibility index (Phi) is 4.47. The van der Waals surface area contributed by atoms with Crippen molar-refractivity contribution >= 4 is 0 Å². The van der Waals surface area contributed by atoms with Gasteiger partial charge < -0.3 is 9.84 Å². The molecule has 2 rings (SSSR count). The summed E-state index contributed by atoms with van der Waals surface area (Å²) in [4.78, 5) is 0. The van der Waals surface area contributed by atoms with E-state index in [1.165, 1.54) is 26.2 Å². The molecule has 0 heterocycles. The van der Waals surface area contributed by atoms with Gasteiger partial charge in [0.05, 0.1) is 6.61 Å². The summed E-state index contributed by atoms with van der Waals surface area (Å²) in [6, 6.07) is 9.86. The molecule has 0 amide bonds. The van der Waals surface area contributed by atoms with E-state index in [1.54, 1.807) is 24.3 Å². The highest BCUT2D eigenvalue weighted by molar-refractivity contribution is 5.37. The van der Waals surface area contributed by atoms with Gasteiger partial charge in [0.25, 0.3) is 0 Å². The highest BCUT2D eigenvalue weighted by Gasteiger charge is 2.21. The van der Waals surface area contributed by atoms with Crippen LogP contribution < -0.4 is 0 Å². The smallest absolute Gasteiger partial charge is 0.165 e. The topological polar surface area (TPSA) is 29.5 Å². The van der Waals surface area contributed by atoms with E-state index in [2.05, 4.69) is 0 Å². The van der Waals surface area contributed by atoms with Gasteiger partial charge in [-0.05, 0) is 23.6 Å². The summed E-state index contributed by atoms with van der Waals surface area (Å²) < 4.78 is 32.6. The van der Waals surface area contributed by atoms with Gasteiger partial charge in [-0.25, -0.2) is 8.78 Å². The Morgan fingerprint density at radius 1 is 1.05 bits per heavy atom. The molecule has 2 aromatic rings. The lowest BCUT2D eigenvalue weighted by Gasteiger charge is -2.17. The van der Waals surface area contributed by atoms with Crippen LogP contribution in [0, 0.1) is 18.6 Å². The van der Waals surface area contributed by atoms with Crippen LogP contribution in [0.5, 0.6) is 0 Å². The van der Waals surface area contributed by atoms with E-state index in [4.69, 9.17) is 4.74 Å². The van der Waals surface area contributed by atoms with Crippen molar-refractivity contribution in [1.82, 2.24) is 0 Å². The number of aliphatic hydroxyl groups is 1. The third-order valence-electron chi connectivity index (χ3n) is 3.25. The van der Waals surface area contributed by atoms with Crippen LogP contribution in [0.4, 0.5) is 8.78 Å². The van der Waals surface area contributed by atoms with Crippen LogP contribution in [0.25, 0.3) is 0 Å². The fourth-order valence-electron chi connectivity index (χ4n) is 2.13. The van der Waals surface area contributed by atoms with Gasteiger partial charge >= 0.3 is 0 Å². The molecule has 20 heavy (non-hydrogen) atoms. The van der Waals surface area contributed by atoms with Gasteiger partial charge in [0.2, 0.25) is 0 Å². The van der Waals surface area contributed by atoms with E-state index < -0.39 is 17.7 Å². The summed E-state index contributed by atoms with van der Waals surface area (Å²) in [6.07, 6.45) is -1.23. The van der Waals surface area contributed by atoms with Crippen molar-refractivity contribution in [3.8, 4) is 0 Å². The number of hydrogen-bond acceptors (Lipinski definition) is 2. The van der Waals surface area contributed by atoms with E-state index in [-0.39, 0.29) is 11.1 Å². The van der Waals surface area contributed by atoms with Crippen molar-refractivity contribution in [2.24, 2.45) is 0 Å². The monoisotopic (exact) mass is 278 g/mol. The van der Waals surface area contributed by atoms with E-state index in [0.29, 0.717) is 12.2 Å². The molecule has 0 bridgehead atoms. The number of ether oxygens (including phenoxy) is 1. The van der Waals surface area contributed by atoms with Crippen LogP contribution in [0.1, 0.15) is 28.4 Å². The summed E-state index contributed by atoms with van der Waals surface area (Å²) in [5.41, 5.74) is 1.39. The lowest BCUT2D eigenvalue weighted by molar-refractivity contribution is 0.175. The van der Waals surface area contributed by atoms with E-state index in [0.717, 1.165) is 5.56 Å². The number of benzene rings is 2. The standard InChI is InChI=1S/C16H16F2O2/c1-10-7-8-13(15(18)14(10)17)16(19)12-6-4-3-5-11(12)9-20-2/h3-8,16,19H,9H2,1-2H3. The molecule has 106 valence electrons. The molecule has 0 aromatic heterocycles. The van der Waals surface area contributed by atoms with E-state index >= 15 is 0 Å². The van der Waals surface area contributed by atoms with Crippen molar-refractivity contribution in [1.29, 1.82) is 0 Å². The van der Waals surface area contributed by atoms with Gasteiger partial charge in [-0.1, -0.05) is 36.4 Å². The fourth-order valence-corrected chi connectivity index (χ4v) is 2.13. The van der Waals surface area contributed by atoms with E-state index in [1.807, 2.05) is 0 Å². The molecule has 4 heteroatoms. The lowest BCUT2D eigenvalue weighted by atomic mass is 9.96. The van der Waals surface area contributed by atoms with Crippen LogP contribution in [-0.4, -0.2) is 12.2 Å². The minimum Gasteiger partial charge on any atom is -0.384 e. The number of aliphatic hydroxyl groups excluding tert-OH is 1. The first-order valence-corrected chi connectivity index (χ1v) is 6.25. The van der Waals surface area contributed by atoms with E-state index in [9.17, 15) is 13.9 Å². The Balaban J connectivity index is 2.46. The third kappa shape index (κ3) is 2.71. The third-order valence-corrected chi connectivity index (χ3v) is 3.25. The maximum Gasteiger partial charge on any atom is 0.165 e. The van der Waals surface area contributed by atoms with Gasteiger partial charge in [0.1, 0.15) is 6.10 Å². The van der Waals surface area contributed by atoms with Gasteiger partial charge in [-0.3, -0.25) is 0 Å². The van der Waals surface area contributed by atoms with Gasteiger partial charge in [0, 0.05) is 12.7 Å². The van der Waals surface area contributed by atoms with Crippen LogP contribution >= 0.6 is 0 Å². The lowest BCUT2D eigenvalue weighted by Crippen LogP contribution is -2.08. The largest absolute Gasteiger partial charge is 0.384 e. The number of halogens is 2. The summed E-state index contributed by atoms with van der Waals surface area (Å²) in [7, 11) is 1.54. The number of methoxy groups -OCH3 is 1. The second-order valence-electron chi connectivity index (χ2n) is 4.63. The molecule has 0 aliphatic rings. The Labute approximate surface area is 116 Å². The molecule has 0 aliphatic heterocycles. The highest BCUT2D eigenvalue weighted by Crippen LogP contribution is 2.29. The average Bonchev–Trinajstić information content (AvgIpc) is 2.45. The minimum atomic E-state index is -1.23. The van der Waals surface area contributed by atoms with Gasteiger partial charge in [-0.15, -0.1) is 0 Å². The first-order chi connectivity index (χ1) is 9.56. The molecule has 0 fully saturated rings. The molecule has 0 spiro atoms. The molecule has 0 radical (unpaired) electrons. The normalized spacial score (nSPS) is 12.4. The SMILES string of the molecule is COCc1ccccc1C(O)c1ccc(C)c(F)c1F. The second-order valence-corrected chi connectivity index (χ2v) is 4.63. The molecular formula is C16H16F2O2. The minimum absolute atomic E-state index is 0.0725. The predicted molar refractivity (Wildman–Crippen MR) is 72.3 cm³/mol. The highest BCUT2D eigenvalue weighted by atomic mass is 19.2. The van der Waals surface area contributed by atoms with Crippen molar-refractivity contribution in [2.75, 3.05) is 7.11 Å². The summed E-state index contributed by atoms with van der Waals surface area (Å²) >= 11 is 0. The first kappa shape index (κ1) is 14.6. The number of aryl methyl sites for hydroxylation is 1. The van der Waals surface area contributed by atoms with Crippen LogP contribution in [-0.2, 0) is 11.3 Å². The Morgan fingerprint density at radius 3 is 2.45 bits per heavy atom. The maximum atomic E-state index is 13.9. The molecular weight excluding hydrogens is 262 g/mol. The zero-order chi connectivity index (χ0) is 14.7. The molecule has 0 saturated heterocycles. The van der Waals surface area contributed by atoms with Crippen LogP contribution in [0.2, 0.25) is 0 Å². The van der Waals surface area contributed by atoms with Gasteiger partial charge in [0.15, 0.2) is 11.6 Å². The maximum absolute atomic E-state index is 13.9. The van der Waals surface area contributed by atoms with Crippen molar-refractivity contribution < 1.29 is 18.6 Å². The Hall–Kier alpha value is -1.78. The molecule has 1 unspecified atom stereocenters. The molecule has 2 nitrogen and oxygen atoms in total. The fraction of sp³-hybridized carbons (Fsp3) is 0.250. The zero-order valence-corrected chi connectivity index (χ0v) is 11.4. The second kappa shape index (κ2) is 6.11.